The molecule has 1 fully saturated rings. The largest absolute Gasteiger partial charge is 0.369 e. The van der Waals surface area contributed by atoms with Crippen molar-refractivity contribution < 1.29 is 4.79 Å². The van der Waals surface area contributed by atoms with Crippen molar-refractivity contribution >= 4 is 39.3 Å². The monoisotopic (exact) mass is 355 g/mol. The summed E-state index contributed by atoms with van der Waals surface area (Å²) >= 11 is 2.14. The highest BCUT2D eigenvalue weighted by Crippen LogP contribution is 2.47. The maximum Gasteiger partial charge on any atom is 0.257 e. The lowest BCUT2D eigenvalue weighted by Crippen LogP contribution is -2.29. The number of nitrogens with one attached hydrogen (secondary N) is 1. The van der Waals surface area contributed by atoms with Gasteiger partial charge in [-0.2, -0.15) is 0 Å². The molecule has 18 heavy (non-hydrogen) atoms. The molecule has 0 aromatic carbocycles. The molecule has 0 radical (unpaired) electrons. The average molecular weight is 355 g/mol. The normalized spacial score (nSPS) is 16.7. The van der Waals surface area contributed by atoms with Gasteiger partial charge in [-0.3, -0.25) is 14.6 Å². The van der Waals surface area contributed by atoms with E-state index >= 15 is 0 Å². The molecule has 0 bridgehead atoms. The number of hydrogen-bond acceptors (Lipinski definition) is 3. The van der Waals surface area contributed by atoms with Crippen molar-refractivity contribution in [2.45, 2.75) is 18.3 Å². The minimum absolute atomic E-state index is 0.173. The first kappa shape index (κ1) is 11.6. The highest BCUT2D eigenvalue weighted by atomic mass is 127. The van der Waals surface area contributed by atoms with E-state index in [0.29, 0.717) is 11.1 Å². The molecule has 1 aliphatic carbocycles. The Morgan fingerprint density at radius 1 is 1.44 bits per heavy atom. The van der Waals surface area contributed by atoms with Crippen molar-refractivity contribution in [3.63, 3.8) is 0 Å². The Balaban J connectivity index is 2.27. The fourth-order valence-electron chi connectivity index (χ4n) is 2.13. The molecule has 1 saturated carbocycles. The van der Waals surface area contributed by atoms with Crippen LogP contribution in [-0.2, 0) is 10.2 Å². The molecule has 1 aliphatic rings. The number of rotatable bonds is 2. The summed E-state index contributed by atoms with van der Waals surface area (Å²) in [6.45, 7) is 0. The van der Waals surface area contributed by atoms with Crippen molar-refractivity contribution in [1.82, 2.24) is 9.97 Å². The zero-order chi connectivity index (χ0) is 12.9. The number of carbonyl (C=O) groups excluding carboxylic acids is 1. The van der Waals surface area contributed by atoms with E-state index in [1.165, 1.54) is 6.20 Å². The lowest BCUT2D eigenvalue weighted by Gasteiger charge is -2.11. The fraction of sp³-hybridized carbons (Fsp3) is 0.250. The maximum atomic E-state index is 11.7. The summed E-state index contributed by atoms with van der Waals surface area (Å²) in [5.74, 6) is -0.339. The van der Waals surface area contributed by atoms with E-state index in [9.17, 15) is 9.59 Å². The molecule has 2 aromatic heterocycles. The topological polar surface area (TPSA) is 88.8 Å². The van der Waals surface area contributed by atoms with Crippen LogP contribution in [0.2, 0.25) is 0 Å². The van der Waals surface area contributed by atoms with Crippen LogP contribution in [0.25, 0.3) is 10.8 Å². The number of nitrogens with zero attached hydrogens (tertiary/aromatic N) is 1. The fourth-order valence-corrected chi connectivity index (χ4v) is 2.74. The first-order chi connectivity index (χ1) is 8.54. The smallest absolute Gasteiger partial charge is 0.257 e. The number of amides is 1. The second-order valence-corrected chi connectivity index (χ2v) is 5.69. The molecule has 0 saturated heterocycles. The Kier molecular flexibility index (Phi) is 2.44. The molecular formula is C12H10IN3O2. The predicted octanol–water partition coefficient (Wildman–Crippen LogP) is 1.04. The van der Waals surface area contributed by atoms with E-state index in [1.54, 1.807) is 6.20 Å². The van der Waals surface area contributed by atoms with E-state index in [0.717, 1.165) is 21.8 Å². The molecule has 6 heteroatoms. The van der Waals surface area contributed by atoms with Gasteiger partial charge in [-0.05, 0) is 41.5 Å². The molecule has 5 nitrogen and oxygen atoms in total. The number of primary amides is 1. The van der Waals surface area contributed by atoms with Gasteiger partial charge < -0.3 is 10.7 Å². The molecule has 0 atom stereocenters. The number of halogens is 1. The molecule has 0 unspecified atom stereocenters. The van der Waals surface area contributed by atoms with E-state index in [-0.39, 0.29) is 11.5 Å². The van der Waals surface area contributed by atoms with Crippen molar-refractivity contribution in [2.24, 2.45) is 5.73 Å². The first-order valence-electron chi connectivity index (χ1n) is 5.52. The Morgan fingerprint density at radius 2 is 2.17 bits per heavy atom. The Labute approximate surface area is 116 Å². The number of hydrogen-bond donors (Lipinski definition) is 2. The molecule has 2 heterocycles. The number of aromatic amines is 1. The van der Waals surface area contributed by atoms with Gasteiger partial charge in [-0.15, -0.1) is 0 Å². The van der Waals surface area contributed by atoms with Crippen LogP contribution in [-0.4, -0.2) is 15.9 Å². The molecule has 2 aromatic rings. The van der Waals surface area contributed by atoms with Crippen LogP contribution in [0.1, 0.15) is 18.5 Å². The summed E-state index contributed by atoms with van der Waals surface area (Å²) in [5, 5.41) is 1.35. The number of H-pyrrole nitrogens is 1. The van der Waals surface area contributed by atoms with Crippen LogP contribution in [0.15, 0.2) is 23.3 Å². The summed E-state index contributed by atoms with van der Waals surface area (Å²) in [5.41, 5.74) is 5.32. The molecule has 1 amide bonds. The number of pyridine rings is 2. The van der Waals surface area contributed by atoms with Crippen molar-refractivity contribution in [3.8, 4) is 0 Å². The highest BCUT2D eigenvalue weighted by Gasteiger charge is 2.51. The van der Waals surface area contributed by atoms with Crippen molar-refractivity contribution in [2.75, 3.05) is 0 Å². The zero-order valence-corrected chi connectivity index (χ0v) is 11.5. The summed E-state index contributed by atoms with van der Waals surface area (Å²) in [6.07, 6.45) is 4.65. The zero-order valence-electron chi connectivity index (χ0n) is 9.37. The molecule has 0 spiro atoms. The SMILES string of the molecule is NC(=O)C1(c2cc3c(I)c[nH]c(=O)c3cn2)CC1. The summed E-state index contributed by atoms with van der Waals surface area (Å²) in [6, 6.07) is 1.81. The van der Waals surface area contributed by atoms with Crippen LogP contribution in [0, 0.1) is 3.57 Å². The predicted molar refractivity (Wildman–Crippen MR) is 75.2 cm³/mol. The van der Waals surface area contributed by atoms with Crippen LogP contribution in [0.5, 0.6) is 0 Å². The second-order valence-electron chi connectivity index (χ2n) is 4.53. The van der Waals surface area contributed by atoms with Gasteiger partial charge in [0.2, 0.25) is 5.91 Å². The summed E-state index contributed by atoms with van der Waals surface area (Å²) in [4.78, 5) is 30.0. The lowest BCUT2D eigenvalue weighted by molar-refractivity contribution is -0.120. The van der Waals surface area contributed by atoms with Gasteiger partial charge in [0.25, 0.3) is 5.56 Å². The number of fused-ring (bicyclic) bond motifs is 1. The lowest BCUT2D eigenvalue weighted by atomic mass is 9.99. The van der Waals surface area contributed by atoms with E-state index in [2.05, 4.69) is 32.6 Å². The Hall–Kier alpha value is -1.44. The molecular weight excluding hydrogens is 345 g/mol. The number of carbonyl (C=O) groups is 1. The quantitative estimate of drug-likeness (QED) is 0.789. The third kappa shape index (κ3) is 1.55. The van der Waals surface area contributed by atoms with Gasteiger partial charge in [-0.1, -0.05) is 0 Å². The van der Waals surface area contributed by atoms with Gasteiger partial charge in [0.05, 0.1) is 16.5 Å². The molecule has 0 aliphatic heterocycles. The Morgan fingerprint density at radius 3 is 2.78 bits per heavy atom. The highest BCUT2D eigenvalue weighted by molar-refractivity contribution is 14.1. The van der Waals surface area contributed by atoms with Gasteiger partial charge >= 0.3 is 0 Å². The van der Waals surface area contributed by atoms with Gasteiger partial charge in [0, 0.05) is 21.4 Å². The number of nitrogens with two attached hydrogens (primary N) is 1. The maximum absolute atomic E-state index is 11.7. The van der Waals surface area contributed by atoms with Crippen LogP contribution in [0.4, 0.5) is 0 Å². The van der Waals surface area contributed by atoms with Crippen LogP contribution < -0.4 is 11.3 Å². The van der Waals surface area contributed by atoms with Gasteiger partial charge in [0.15, 0.2) is 0 Å². The minimum atomic E-state index is -0.611. The summed E-state index contributed by atoms with van der Waals surface area (Å²) < 4.78 is 0.922. The van der Waals surface area contributed by atoms with Crippen LogP contribution in [0.3, 0.4) is 0 Å². The average Bonchev–Trinajstić information content (AvgIpc) is 3.15. The van der Waals surface area contributed by atoms with Crippen molar-refractivity contribution in [1.29, 1.82) is 0 Å². The molecule has 92 valence electrons. The van der Waals surface area contributed by atoms with Gasteiger partial charge in [0.1, 0.15) is 0 Å². The van der Waals surface area contributed by atoms with E-state index < -0.39 is 5.41 Å². The molecule has 3 N–H and O–H groups in total. The number of aromatic nitrogens is 2. The first-order valence-corrected chi connectivity index (χ1v) is 6.60. The molecule has 3 rings (SSSR count). The third-order valence-corrected chi connectivity index (χ3v) is 4.34. The van der Waals surface area contributed by atoms with E-state index in [1.807, 2.05) is 6.07 Å². The van der Waals surface area contributed by atoms with Crippen molar-refractivity contribution in [3.05, 3.63) is 38.1 Å². The Bertz CT molecular complexity index is 719. The standard InChI is InChI=1S/C12H10IN3O2/c13-8-5-16-10(17)7-4-15-9(3-6(7)8)12(1-2-12)11(14)18/h3-5H,1-2H2,(H2,14,18)(H,16,17). The van der Waals surface area contributed by atoms with Gasteiger partial charge in [-0.25, -0.2) is 0 Å². The van der Waals surface area contributed by atoms with E-state index in [4.69, 9.17) is 5.73 Å². The summed E-state index contributed by atoms with van der Waals surface area (Å²) in [7, 11) is 0. The second kappa shape index (κ2) is 3.78. The van der Waals surface area contributed by atoms with Crippen LogP contribution >= 0.6 is 22.6 Å². The minimum Gasteiger partial charge on any atom is -0.369 e. The third-order valence-electron chi connectivity index (χ3n) is 3.45.